The van der Waals surface area contributed by atoms with Gasteiger partial charge < -0.3 is 20.1 Å². The lowest BCUT2D eigenvalue weighted by molar-refractivity contribution is 0.152. The van der Waals surface area contributed by atoms with Crippen LogP contribution in [0, 0.1) is 0 Å². The second-order valence-electron chi connectivity index (χ2n) is 5.19. The minimum absolute atomic E-state index is 0. The third-order valence-electron chi connectivity index (χ3n) is 3.18. The molecule has 0 aromatic heterocycles. The Hall–Kier alpha value is -1.02. The fourth-order valence-electron chi connectivity index (χ4n) is 1.89. The van der Waals surface area contributed by atoms with E-state index in [2.05, 4.69) is 41.6 Å². The lowest BCUT2D eigenvalue weighted by Crippen LogP contribution is -2.40. The fraction of sp³-hybridized carbons (Fsp3) is 0.588. The Labute approximate surface area is 157 Å². The van der Waals surface area contributed by atoms with Crippen molar-refractivity contribution in [3.05, 3.63) is 29.8 Å². The van der Waals surface area contributed by atoms with Crippen LogP contribution in [-0.4, -0.2) is 45.9 Å². The van der Waals surface area contributed by atoms with Gasteiger partial charge in [-0.25, -0.2) is 0 Å². The van der Waals surface area contributed by atoms with Crippen LogP contribution >= 0.6 is 24.0 Å². The van der Waals surface area contributed by atoms with Crippen molar-refractivity contribution in [3.63, 3.8) is 0 Å². The summed E-state index contributed by atoms with van der Waals surface area (Å²) in [6.07, 6.45) is 0. The standard InChI is InChI=1S/C17H29N3O2.HI/c1-5-21-12-10-19-17(18-4)20-11-13-22-16-8-6-15(7-9-16)14(2)3;/h6-9,14H,5,10-13H2,1-4H3,(H2,18,19,20);1H. The summed E-state index contributed by atoms with van der Waals surface area (Å²) in [4.78, 5) is 4.14. The third-order valence-corrected chi connectivity index (χ3v) is 3.18. The lowest BCUT2D eigenvalue weighted by atomic mass is 10.0. The van der Waals surface area contributed by atoms with Crippen molar-refractivity contribution in [3.8, 4) is 5.75 Å². The van der Waals surface area contributed by atoms with Gasteiger partial charge in [-0.15, -0.1) is 24.0 Å². The van der Waals surface area contributed by atoms with E-state index in [9.17, 15) is 0 Å². The van der Waals surface area contributed by atoms with Gasteiger partial charge in [-0.3, -0.25) is 4.99 Å². The number of guanidine groups is 1. The number of rotatable bonds is 9. The Balaban J connectivity index is 0.00000484. The van der Waals surface area contributed by atoms with Gasteiger partial charge in [0.1, 0.15) is 12.4 Å². The van der Waals surface area contributed by atoms with E-state index in [0.29, 0.717) is 25.7 Å². The Morgan fingerprint density at radius 3 is 2.22 bits per heavy atom. The molecule has 0 saturated heterocycles. The molecule has 0 unspecified atom stereocenters. The zero-order chi connectivity index (χ0) is 16.2. The average Bonchev–Trinajstić information content (AvgIpc) is 2.53. The second kappa shape index (κ2) is 13.4. The Morgan fingerprint density at radius 1 is 1.09 bits per heavy atom. The van der Waals surface area contributed by atoms with Gasteiger partial charge in [0.05, 0.1) is 13.2 Å². The highest BCUT2D eigenvalue weighted by Gasteiger charge is 2.00. The summed E-state index contributed by atoms with van der Waals surface area (Å²) in [7, 11) is 1.75. The molecule has 0 radical (unpaired) electrons. The van der Waals surface area contributed by atoms with Crippen LogP contribution in [0.1, 0.15) is 32.3 Å². The molecule has 0 fully saturated rings. The van der Waals surface area contributed by atoms with Gasteiger partial charge in [0.25, 0.3) is 0 Å². The third kappa shape index (κ3) is 9.65. The van der Waals surface area contributed by atoms with Gasteiger partial charge in [-0.05, 0) is 30.5 Å². The number of halogens is 1. The average molecular weight is 435 g/mol. The molecule has 0 heterocycles. The van der Waals surface area contributed by atoms with Crippen molar-refractivity contribution >= 4 is 29.9 Å². The summed E-state index contributed by atoms with van der Waals surface area (Å²) in [5.74, 6) is 2.20. The summed E-state index contributed by atoms with van der Waals surface area (Å²) in [5.41, 5.74) is 1.32. The van der Waals surface area contributed by atoms with Gasteiger partial charge in [-0.1, -0.05) is 26.0 Å². The predicted octanol–water partition coefficient (Wildman–Crippen LogP) is 3.01. The van der Waals surface area contributed by atoms with E-state index < -0.39 is 0 Å². The molecule has 132 valence electrons. The zero-order valence-corrected chi connectivity index (χ0v) is 16.9. The van der Waals surface area contributed by atoms with Crippen LogP contribution in [0.3, 0.4) is 0 Å². The number of benzene rings is 1. The number of ether oxygens (including phenoxy) is 2. The van der Waals surface area contributed by atoms with E-state index in [4.69, 9.17) is 9.47 Å². The number of nitrogens with zero attached hydrogens (tertiary/aromatic N) is 1. The monoisotopic (exact) mass is 435 g/mol. The van der Waals surface area contributed by atoms with Crippen LogP contribution in [0.2, 0.25) is 0 Å². The highest BCUT2D eigenvalue weighted by Crippen LogP contribution is 2.18. The van der Waals surface area contributed by atoms with Crippen molar-refractivity contribution in [2.24, 2.45) is 4.99 Å². The minimum Gasteiger partial charge on any atom is -0.492 e. The lowest BCUT2D eigenvalue weighted by Gasteiger charge is -2.13. The zero-order valence-electron chi connectivity index (χ0n) is 14.6. The maximum absolute atomic E-state index is 5.71. The quantitative estimate of drug-likeness (QED) is 0.271. The summed E-state index contributed by atoms with van der Waals surface area (Å²) in [6, 6.07) is 8.26. The molecule has 6 heteroatoms. The fourth-order valence-corrected chi connectivity index (χ4v) is 1.89. The van der Waals surface area contributed by atoms with Crippen LogP contribution in [0.5, 0.6) is 5.75 Å². The molecule has 0 aliphatic carbocycles. The molecule has 2 N–H and O–H groups in total. The van der Waals surface area contributed by atoms with Gasteiger partial charge in [-0.2, -0.15) is 0 Å². The van der Waals surface area contributed by atoms with Crippen molar-refractivity contribution in [1.29, 1.82) is 0 Å². The molecular weight excluding hydrogens is 405 g/mol. The summed E-state index contributed by atoms with van der Waals surface area (Å²) < 4.78 is 11.0. The van der Waals surface area contributed by atoms with E-state index in [1.807, 2.05) is 19.1 Å². The topological polar surface area (TPSA) is 54.9 Å². The Kier molecular flexibility index (Phi) is 12.8. The SMILES string of the molecule is CCOCCNC(=NC)NCCOc1ccc(C(C)C)cc1.I. The van der Waals surface area contributed by atoms with Crippen molar-refractivity contribution in [2.45, 2.75) is 26.7 Å². The summed E-state index contributed by atoms with van der Waals surface area (Å²) in [5, 5.41) is 6.39. The van der Waals surface area contributed by atoms with Crippen LogP contribution in [-0.2, 0) is 4.74 Å². The van der Waals surface area contributed by atoms with Gasteiger partial charge >= 0.3 is 0 Å². The normalized spacial score (nSPS) is 11.1. The summed E-state index contributed by atoms with van der Waals surface area (Å²) >= 11 is 0. The van der Waals surface area contributed by atoms with Crippen LogP contribution in [0.4, 0.5) is 0 Å². The Bertz CT molecular complexity index is 436. The first-order valence-corrected chi connectivity index (χ1v) is 7.92. The number of nitrogens with one attached hydrogen (secondary N) is 2. The maximum atomic E-state index is 5.71. The highest BCUT2D eigenvalue weighted by atomic mass is 127. The smallest absolute Gasteiger partial charge is 0.191 e. The largest absolute Gasteiger partial charge is 0.492 e. The first kappa shape index (κ1) is 22.0. The molecule has 0 spiro atoms. The highest BCUT2D eigenvalue weighted by molar-refractivity contribution is 14.0. The van der Waals surface area contributed by atoms with Crippen molar-refractivity contribution in [2.75, 3.05) is 40.0 Å². The first-order chi connectivity index (χ1) is 10.7. The van der Waals surface area contributed by atoms with Crippen LogP contribution in [0.25, 0.3) is 0 Å². The Morgan fingerprint density at radius 2 is 1.70 bits per heavy atom. The van der Waals surface area contributed by atoms with Crippen molar-refractivity contribution < 1.29 is 9.47 Å². The van der Waals surface area contributed by atoms with E-state index in [-0.39, 0.29) is 24.0 Å². The maximum Gasteiger partial charge on any atom is 0.191 e. The molecule has 0 atom stereocenters. The van der Waals surface area contributed by atoms with Gasteiger partial charge in [0.2, 0.25) is 0 Å². The molecule has 0 aliphatic heterocycles. The van der Waals surface area contributed by atoms with E-state index in [1.165, 1.54) is 5.56 Å². The molecule has 5 nitrogen and oxygen atoms in total. The van der Waals surface area contributed by atoms with E-state index in [1.54, 1.807) is 7.05 Å². The van der Waals surface area contributed by atoms with E-state index in [0.717, 1.165) is 24.9 Å². The molecule has 1 aromatic rings. The van der Waals surface area contributed by atoms with Gasteiger partial charge in [0, 0.05) is 20.2 Å². The van der Waals surface area contributed by atoms with Crippen molar-refractivity contribution in [1.82, 2.24) is 10.6 Å². The van der Waals surface area contributed by atoms with E-state index >= 15 is 0 Å². The molecular formula is C17H30IN3O2. The van der Waals surface area contributed by atoms with Crippen LogP contribution < -0.4 is 15.4 Å². The van der Waals surface area contributed by atoms with Crippen LogP contribution in [0.15, 0.2) is 29.3 Å². The van der Waals surface area contributed by atoms with Gasteiger partial charge in [0.15, 0.2) is 5.96 Å². The molecule has 0 aliphatic rings. The molecule has 23 heavy (non-hydrogen) atoms. The first-order valence-electron chi connectivity index (χ1n) is 7.92. The molecule has 0 saturated carbocycles. The number of hydrogen-bond acceptors (Lipinski definition) is 3. The molecule has 0 bridgehead atoms. The number of hydrogen-bond donors (Lipinski definition) is 2. The summed E-state index contributed by atoms with van der Waals surface area (Å²) in [6.45, 7) is 9.79. The second-order valence-corrected chi connectivity index (χ2v) is 5.19. The number of aliphatic imine (C=N–C) groups is 1. The minimum atomic E-state index is 0. The molecule has 0 amide bonds. The predicted molar refractivity (Wildman–Crippen MR) is 107 cm³/mol. The molecule has 1 aromatic carbocycles. The molecule has 1 rings (SSSR count).